The molecule has 25 heteroatoms. The summed E-state index contributed by atoms with van der Waals surface area (Å²) in [6, 6.07) is 50.9. The van der Waals surface area contributed by atoms with Gasteiger partial charge in [0.25, 0.3) is 0 Å². The molecule has 0 amide bonds. The highest BCUT2D eigenvalue weighted by molar-refractivity contribution is 7.49. The Morgan fingerprint density at radius 3 is 0.789 bits per heavy atom. The summed E-state index contributed by atoms with van der Waals surface area (Å²) in [6.45, 7) is 8.00. The van der Waals surface area contributed by atoms with Gasteiger partial charge >= 0.3 is 53.3 Å². The van der Waals surface area contributed by atoms with Crippen LogP contribution in [0, 0.1) is 21.7 Å². The first kappa shape index (κ1) is 69.4. The van der Waals surface area contributed by atoms with Crippen molar-refractivity contribution in [1.29, 1.82) is 0 Å². The molecule has 10 atom stereocenters. The average Bonchev–Trinajstić information content (AvgIpc) is 1.53. The van der Waals surface area contributed by atoms with Gasteiger partial charge in [-0.15, -0.1) is 0 Å². The van der Waals surface area contributed by atoms with Crippen molar-refractivity contribution in [2.75, 3.05) is 0 Å². The summed E-state index contributed by atoms with van der Waals surface area (Å²) < 4.78 is 139. The van der Waals surface area contributed by atoms with Crippen molar-refractivity contribution in [3.05, 3.63) is 215 Å². The number of carbonyl (C=O) groups is 5. The van der Waals surface area contributed by atoms with E-state index >= 15 is 23.3 Å². The maximum absolute atomic E-state index is 16.4. The van der Waals surface area contributed by atoms with Crippen molar-refractivity contribution in [1.82, 2.24) is 0 Å². The number of rotatable bonds is 29. The van der Waals surface area contributed by atoms with E-state index in [9.17, 15) is 14.4 Å². The van der Waals surface area contributed by atoms with Crippen molar-refractivity contribution >= 4 is 53.3 Å². The van der Waals surface area contributed by atoms with Crippen LogP contribution in [0.3, 0.4) is 0 Å². The summed E-state index contributed by atoms with van der Waals surface area (Å²) in [4.78, 5) is 74.6. The van der Waals surface area contributed by atoms with Crippen LogP contribution in [0.25, 0.3) is 0 Å². The zero-order valence-electron chi connectivity index (χ0n) is 53.7. The minimum Gasteiger partial charge on any atom is -0.456 e. The molecule has 0 unspecified atom stereocenters. The Labute approximate surface area is 551 Å². The molecular formula is C70H77O22P3. The molecule has 0 aromatic heterocycles. The number of benzene rings is 6. The van der Waals surface area contributed by atoms with Gasteiger partial charge in [-0.25, -0.2) is 23.3 Å². The van der Waals surface area contributed by atoms with Crippen LogP contribution in [0.15, 0.2) is 182 Å². The van der Waals surface area contributed by atoms with Gasteiger partial charge in [0.15, 0.2) is 18.3 Å². The van der Waals surface area contributed by atoms with Crippen molar-refractivity contribution < 1.29 is 102 Å². The maximum Gasteiger partial charge on any atom is 0.475 e. The Balaban J connectivity index is 1.15. The van der Waals surface area contributed by atoms with E-state index in [0.717, 1.165) is 6.92 Å². The van der Waals surface area contributed by atoms with Gasteiger partial charge in [-0.2, -0.15) is 0 Å². The fourth-order valence-corrected chi connectivity index (χ4v) is 17.1. The van der Waals surface area contributed by atoms with Crippen molar-refractivity contribution in [3.8, 4) is 0 Å². The highest BCUT2D eigenvalue weighted by Gasteiger charge is 2.79. The fraction of sp³-hybridized carbons (Fsp3) is 0.414. The third kappa shape index (κ3) is 14.0. The Hall–Kier alpha value is -7.00. The lowest BCUT2D eigenvalue weighted by molar-refractivity contribution is -0.252. The Bertz CT molecular complexity index is 3720. The standard InChI is InChI=1S/C70H77O22P3/c1-48(71)85-55-56(86-63(74)69-40-38-67(6,61(72)88-69)65(69,2)3)58(90-93(76,79-42-49-26-14-8-15-27-49)80-43-50-28-16-9-17-29-50)57(87-64(75)70-41-39-68(7,62(73)89-70)66(70,4)5)60(92-95(78,83-46-53-34-22-12-23-35-53)84-47-54-36-24-13-25-37-54)59(55)91-94(77,81-44-51-30-18-10-19-31-51)82-45-52-32-20-11-21-33-52/h8-37,55-60H,38-47H2,1-7H3/t55-,56+,57-,58+,59-,60+,67+,68-,69-,70+/m1/s1. The number of phosphoric acid groups is 3. The SMILES string of the molecule is CC(=O)O[C@@H]1[C@H](OC(=O)[C@@]23CC[C@@](C)(C(=O)O2)C3(C)C)[C@H](OP(=O)(OCc2ccccc2)OCc2ccccc2)[C@@H](OC(=O)[C@]23CC[C@](C)(C(=O)O2)C3(C)C)[C@H](OP(=O)(OCc2ccccc2)OCc2ccccc2)[C@@H]1OP(=O)(OCc1ccccc1)OCc1ccccc1. The van der Waals surface area contributed by atoms with Gasteiger partial charge < -0.3 is 23.7 Å². The first-order chi connectivity index (χ1) is 45.3. The molecule has 2 heterocycles. The van der Waals surface area contributed by atoms with Gasteiger partial charge in [0.2, 0.25) is 11.2 Å². The molecule has 11 rings (SSSR count). The summed E-state index contributed by atoms with van der Waals surface area (Å²) in [5, 5.41) is 0. The molecule has 0 spiro atoms. The van der Waals surface area contributed by atoms with Crippen LogP contribution < -0.4 is 0 Å². The number of phosphoric ester groups is 3. The van der Waals surface area contributed by atoms with Crippen molar-refractivity contribution in [2.45, 2.75) is 162 Å². The largest absolute Gasteiger partial charge is 0.475 e. The molecule has 6 aromatic rings. The molecule has 95 heavy (non-hydrogen) atoms. The molecule has 3 saturated carbocycles. The van der Waals surface area contributed by atoms with Crippen molar-refractivity contribution in [3.63, 3.8) is 0 Å². The first-order valence-corrected chi connectivity index (χ1v) is 35.7. The number of esters is 5. The number of fused-ring (bicyclic) bond motifs is 4. The van der Waals surface area contributed by atoms with Crippen LogP contribution in [-0.4, -0.2) is 77.7 Å². The summed E-state index contributed by atoms with van der Waals surface area (Å²) in [5.74, 6) is -5.14. The topological polar surface area (TPSA) is 266 Å². The molecular weight excluding hydrogens is 1290 g/mol. The molecule has 6 aromatic carbocycles. The Morgan fingerprint density at radius 2 is 0.579 bits per heavy atom. The summed E-state index contributed by atoms with van der Waals surface area (Å²) >= 11 is 0. The van der Waals surface area contributed by atoms with Gasteiger partial charge in [0.1, 0.15) is 18.3 Å². The number of carbonyl (C=O) groups excluding carboxylic acids is 5. The van der Waals surface area contributed by atoms with Crippen LogP contribution >= 0.6 is 23.5 Å². The van der Waals surface area contributed by atoms with E-state index in [1.807, 2.05) is 0 Å². The summed E-state index contributed by atoms with van der Waals surface area (Å²) in [7, 11) is -16.1. The van der Waals surface area contributed by atoms with Gasteiger partial charge in [-0.1, -0.05) is 210 Å². The summed E-state index contributed by atoms with van der Waals surface area (Å²) in [6.07, 6.45) is -14.4. The molecule has 0 N–H and O–H groups in total. The predicted octanol–water partition coefficient (Wildman–Crippen LogP) is 13.8. The van der Waals surface area contributed by atoms with E-state index in [1.165, 1.54) is 0 Å². The second-order valence-corrected chi connectivity index (χ2v) is 30.6. The quantitative estimate of drug-likeness (QED) is 0.0240. The Morgan fingerprint density at radius 1 is 0.358 bits per heavy atom. The van der Waals surface area contributed by atoms with Gasteiger partial charge in [0.05, 0.1) is 50.5 Å². The minimum absolute atomic E-state index is 0.0984. The third-order valence-electron chi connectivity index (χ3n) is 19.7. The molecule has 22 nitrogen and oxygen atoms in total. The molecule has 2 aliphatic heterocycles. The van der Waals surface area contributed by atoms with Crippen LogP contribution in [0.2, 0.25) is 0 Å². The fourth-order valence-electron chi connectivity index (χ4n) is 13.0. The Kier molecular flexibility index (Phi) is 20.3. The van der Waals surface area contributed by atoms with E-state index in [2.05, 4.69) is 0 Å². The lowest BCUT2D eigenvalue weighted by atomic mass is 9.66. The molecule has 2 saturated heterocycles. The summed E-state index contributed by atoms with van der Waals surface area (Å²) in [5.41, 5.74) is -6.73. The smallest absolute Gasteiger partial charge is 0.456 e. The lowest BCUT2D eigenvalue weighted by Gasteiger charge is -2.50. The van der Waals surface area contributed by atoms with Crippen molar-refractivity contribution in [2.24, 2.45) is 21.7 Å². The van der Waals surface area contributed by atoms with E-state index in [-0.39, 0.29) is 25.7 Å². The third-order valence-corrected chi connectivity index (χ3v) is 23.9. The van der Waals surface area contributed by atoms with E-state index in [4.69, 9.17) is 64.4 Å². The first-order valence-electron chi connectivity index (χ1n) is 31.3. The average molecular weight is 1360 g/mol. The predicted molar refractivity (Wildman–Crippen MR) is 340 cm³/mol. The minimum atomic E-state index is -5.39. The molecule has 5 fully saturated rings. The van der Waals surface area contributed by atoms with Crippen LogP contribution in [0.1, 0.15) is 108 Å². The van der Waals surface area contributed by atoms with Crippen LogP contribution in [-0.2, 0) is 142 Å². The molecule has 4 bridgehead atoms. The monoisotopic (exact) mass is 1360 g/mol. The molecule has 3 aliphatic carbocycles. The van der Waals surface area contributed by atoms with Crippen LogP contribution in [0.4, 0.5) is 0 Å². The second kappa shape index (κ2) is 27.9. The van der Waals surface area contributed by atoms with Gasteiger partial charge in [-0.05, 0) is 72.9 Å². The second-order valence-electron chi connectivity index (χ2n) is 25.8. The molecule has 504 valence electrons. The highest BCUT2D eigenvalue weighted by atomic mass is 31.2. The number of hydrogen-bond donors (Lipinski definition) is 0. The van der Waals surface area contributed by atoms with Gasteiger partial charge in [-0.3, -0.25) is 55.1 Å². The highest BCUT2D eigenvalue weighted by Crippen LogP contribution is 2.68. The van der Waals surface area contributed by atoms with E-state index in [1.54, 1.807) is 224 Å². The zero-order valence-corrected chi connectivity index (χ0v) is 56.4. The maximum atomic E-state index is 16.4. The zero-order chi connectivity index (χ0) is 67.5. The van der Waals surface area contributed by atoms with E-state index in [0.29, 0.717) is 33.4 Å². The van der Waals surface area contributed by atoms with Gasteiger partial charge in [0, 0.05) is 17.8 Å². The number of ether oxygens (including phenoxy) is 5. The lowest BCUT2D eigenvalue weighted by Crippen LogP contribution is -2.69. The van der Waals surface area contributed by atoms with E-state index < -0.39 is 162 Å². The normalized spacial score (nSPS) is 27.3. The molecule has 0 radical (unpaired) electrons. The molecule has 5 aliphatic rings. The number of hydrogen-bond acceptors (Lipinski definition) is 22. The van der Waals surface area contributed by atoms with Crippen LogP contribution in [0.5, 0.6) is 0 Å².